The Morgan fingerprint density at radius 2 is 1.96 bits per heavy atom. The Morgan fingerprint density at radius 3 is 2.57 bits per heavy atom. The van der Waals surface area contributed by atoms with Gasteiger partial charge in [0.05, 0.1) is 30.1 Å². The number of carbonyl (C=O) groups is 1. The van der Waals surface area contributed by atoms with Gasteiger partial charge in [0.15, 0.2) is 0 Å². The first kappa shape index (κ1) is 19.0. The molecule has 0 aliphatic heterocycles. The topological polar surface area (TPSA) is 120 Å². The van der Waals surface area contributed by atoms with E-state index < -0.39 is 5.97 Å². The summed E-state index contributed by atoms with van der Waals surface area (Å²) in [5, 5.41) is 28.3. The van der Waals surface area contributed by atoms with Gasteiger partial charge in [0, 0.05) is 11.6 Å². The number of carboxylic acid groups (broad SMARTS) is 1. The normalized spacial score (nSPS) is 10.3. The third-order valence-electron chi connectivity index (χ3n) is 3.02. The summed E-state index contributed by atoms with van der Waals surface area (Å²) in [5.74, 6) is -1.40. The number of nitrogens with two attached hydrogens (primary N) is 1. The Kier molecular flexibility index (Phi) is 6.56. The number of rotatable bonds is 4. The zero-order chi connectivity index (χ0) is 16.3. The second-order valence-electron chi connectivity index (χ2n) is 4.57. The third kappa shape index (κ3) is 4.44. The van der Waals surface area contributed by atoms with Crippen LogP contribution in [0.4, 0.5) is 17.1 Å². The predicted molar refractivity (Wildman–Crippen MR) is 78.8 cm³/mol. The largest absolute Gasteiger partial charge is 1.00 e. The van der Waals surface area contributed by atoms with Gasteiger partial charge >= 0.3 is 29.6 Å². The van der Waals surface area contributed by atoms with Crippen LogP contribution in [0.1, 0.15) is 15.9 Å². The van der Waals surface area contributed by atoms with Crippen LogP contribution >= 0.6 is 0 Å². The van der Waals surface area contributed by atoms with Crippen molar-refractivity contribution in [2.45, 2.75) is 6.92 Å². The minimum Gasteiger partial charge on any atom is -0.545 e. The maximum atomic E-state index is 10.8. The van der Waals surface area contributed by atoms with Gasteiger partial charge in [-0.3, -0.25) is 0 Å². The van der Waals surface area contributed by atoms with Gasteiger partial charge in [-0.1, -0.05) is 0 Å². The number of hydrogen-bond acceptors (Lipinski definition) is 7. The SMILES string of the molecule is COc1cc(N=Nc2ccc(O)c(C(=O)[O-])c2)c(C)cc1N.[Na+]. The van der Waals surface area contributed by atoms with Crippen molar-refractivity contribution >= 4 is 23.0 Å². The van der Waals surface area contributed by atoms with Crippen molar-refractivity contribution < 1.29 is 49.3 Å². The number of phenols is 1. The zero-order valence-electron chi connectivity index (χ0n) is 13.0. The number of aromatic carboxylic acids is 1. The fourth-order valence-electron chi connectivity index (χ4n) is 1.85. The molecule has 7 nitrogen and oxygen atoms in total. The summed E-state index contributed by atoms with van der Waals surface area (Å²) in [6.45, 7) is 1.81. The van der Waals surface area contributed by atoms with E-state index in [1.54, 1.807) is 12.1 Å². The van der Waals surface area contributed by atoms with Crippen molar-refractivity contribution in [1.82, 2.24) is 0 Å². The molecule has 0 radical (unpaired) electrons. The molecule has 3 N–H and O–H groups in total. The predicted octanol–water partition coefficient (Wildman–Crippen LogP) is -0.926. The van der Waals surface area contributed by atoms with E-state index in [2.05, 4.69) is 10.2 Å². The summed E-state index contributed by atoms with van der Waals surface area (Å²) in [6, 6.07) is 7.17. The molecule has 114 valence electrons. The molecule has 0 aliphatic rings. The second-order valence-corrected chi connectivity index (χ2v) is 4.57. The average molecular weight is 323 g/mol. The average Bonchev–Trinajstić information content (AvgIpc) is 2.47. The van der Waals surface area contributed by atoms with Crippen LogP contribution in [0.5, 0.6) is 11.5 Å². The molecule has 0 atom stereocenters. The van der Waals surface area contributed by atoms with E-state index in [0.717, 1.165) is 5.56 Å². The molecule has 8 heteroatoms. The van der Waals surface area contributed by atoms with Gasteiger partial charge in [-0.2, -0.15) is 10.2 Å². The number of nitrogens with zero attached hydrogens (tertiary/aromatic N) is 2. The van der Waals surface area contributed by atoms with Crippen LogP contribution < -0.4 is 45.1 Å². The van der Waals surface area contributed by atoms with E-state index in [1.807, 2.05) is 6.92 Å². The molecule has 0 amide bonds. The molecule has 0 fully saturated rings. The summed E-state index contributed by atoms with van der Waals surface area (Å²) in [7, 11) is 1.49. The van der Waals surface area contributed by atoms with Gasteiger partial charge in [0.1, 0.15) is 11.5 Å². The Morgan fingerprint density at radius 1 is 1.26 bits per heavy atom. The maximum absolute atomic E-state index is 10.8. The van der Waals surface area contributed by atoms with E-state index in [1.165, 1.54) is 25.3 Å². The van der Waals surface area contributed by atoms with E-state index in [-0.39, 0.29) is 46.6 Å². The van der Waals surface area contributed by atoms with Gasteiger partial charge in [-0.15, -0.1) is 0 Å². The fourth-order valence-corrected chi connectivity index (χ4v) is 1.85. The molecule has 0 saturated carbocycles. The van der Waals surface area contributed by atoms with Crippen LogP contribution in [0.15, 0.2) is 40.6 Å². The number of azo groups is 1. The summed E-state index contributed by atoms with van der Waals surface area (Å²) < 4.78 is 5.11. The number of methoxy groups -OCH3 is 1. The van der Waals surface area contributed by atoms with E-state index in [0.29, 0.717) is 17.1 Å². The molecule has 0 spiro atoms. The summed E-state index contributed by atoms with van der Waals surface area (Å²) >= 11 is 0. The van der Waals surface area contributed by atoms with Crippen LogP contribution in [0.2, 0.25) is 0 Å². The molecule has 2 rings (SSSR count). The van der Waals surface area contributed by atoms with Crippen molar-refractivity contribution in [2.24, 2.45) is 10.2 Å². The number of nitrogen functional groups attached to an aromatic ring is 1. The smallest absolute Gasteiger partial charge is 0.545 e. The van der Waals surface area contributed by atoms with Crippen molar-refractivity contribution in [1.29, 1.82) is 0 Å². The van der Waals surface area contributed by atoms with Gasteiger partial charge < -0.3 is 25.5 Å². The number of hydrogen-bond donors (Lipinski definition) is 2. The quantitative estimate of drug-likeness (QED) is 0.428. The van der Waals surface area contributed by atoms with E-state index in [9.17, 15) is 15.0 Å². The standard InChI is InChI=1S/C15H15N3O4.Na/c1-8-5-11(16)14(22-2)7-12(8)18-17-9-3-4-13(19)10(6-9)15(20)21;/h3-7,19H,16H2,1-2H3,(H,20,21);/q;+1/p-1. The summed E-state index contributed by atoms with van der Waals surface area (Å²) in [4.78, 5) is 10.8. The van der Waals surface area contributed by atoms with Crippen LogP contribution in [-0.4, -0.2) is 18.2 Å². The van der Waals surface area contributed by atoms with Crippen molar-refractivity contribution in [3.8, 4) is 11.5 Å². The number of benzene rings is 2. The Bertz CT molecular complexity index is 763. The molecule has 2 aromatic rings. The zero-order valence-corrected chi connectivity index (χ0v) is 15.0. The monoisotopic (exact) mass is 323 g/mol. The van der Waals surface area contributed by atoms with Crippen LogP contribution in [0.3, 0.4) is 0 Å². The molecule has 23 heavy (non-hydrogen) atoms. The van der Waals surface area contributed by atoms with Crippen LogP contribution in [0, 0.1) is 6.92 Å². The number of carbonyl (C=O) groups excluding carboxylic acids is 1. The Labute approximate surface area is 155 Å². The molecular formula is C15H14N3NaO4. The first-order valence-electron chi connectivity index (χ1n) is 6.32. The first-order valence-corrected chi connectivity index (χ1v) is 6.32. The third-order valence-corrected chi connectivity index (χ3v) is 3.02. The number of aryl methyl sites for hydroxylation is 1. The first-order chi connectivity index (χ1) is 10.4. The summed E-state index contributed by atoms with van der Waals surface area (Å²) in [5.41, 5.74) is 7.52. The number of carboxylic acids is 1. The number of aromatic hydroxyl groups is 1. The van der Waals surface area contributed by atoms with E-state index >= 15 is 0 Å². The fraction of sp³-hybridized carbons (Fsp3) is 0.133. The van der Waals surface area contributed by atoms with Crippen molar-refractivity contribution in [3.63, 3.8) is 0 Å². The molecule has 0 bridgehead atoms. The maximum Gasteiger partial charge on any atom is 1.00 e. The van der Waals surface area contributed by atoms with Gasteiger partial charge in [0.25, 0.3) is 0 Å². The molecule has 0 aliphatic carbocycles. The van der Waals surface area contributed by atoms with E-state index in [4.69, 9.17) is 10.5 Å². The molecule has 0 aromatic heterocycles. The summed E-state index contributed by atoms with van der Waals surface area (Å²) in [6.07, 6.45) is 0. The van der Waals surface area contributed by atoms with Crippen molar-refractivity contribution in [3.05, 3.63) is 41.5 Å². The molecular weight excluding hydrogens is 309 g/mol. The Hall–Kier alpha value is -2.09. The van der Waals surface area contributed by atoms with Crippen LogP contribution in [0.25, 0.3) is 0 Å². The van der Waals surface area contributed by atoms with Crippen LogP contribution in [-0.2, 0) is 0 Å². The minimum atomic E-state index is -1.49. The molecule has 2 aromatic carbocycles. The second kappa shape index (κ2) is 7.96. The van der Waals surface area contributed by atoms with Gasteiger partial charge in [0.2, 0.25) is 0 Å². The Balaban J connectivity index is 0.00000264. The van der Waals surface area contributed by atoms with Crippen molar-refractivity contribution in [2.75, 3.05) is 12.8 Å². The molecule has 0 heterocycles. The number of ether oxygens (including phenoxy) is 1. The molecule has 0 unspecified atom stereocenters. The minimum absolute atomic E-state index is 0. The van der Waals surface area contributed by atoms with Gasteiger partial charge in [-0.25, -0.2) is 0 Å². The molecule has 0 saturated heterocycles. The van der Waals surface area contributed by atoms with Gasteiger partial charge in [-0.05, 0) is 36.8 Å². The number of anilines is 1.